The number of nitrogens with zero attached hydrogens (tertiary/aromatic N) is 1. The summed E-state index contributed by atoms with van der Waals surface area (Å²) in [5.41, 5.74) is 0.402. The van der Waals surface area contributed by atoms with Gasteiger partial charge in [0.25, 0.3) is 5.56 Å². The van der Waals surface area contributed by atoms with Gasteiger partial charge in [-0.15, -0.1) is 0 Å². The highest BCUT2D eigenvalue weighted by atomic mass is 16.4. The number of aromatic carboxylic acids is 1. The first kappa shape index (κ1) is 9.51. The van der Waals surface area contributed by atoms with Crippen molar-refractivity contribution in [3.05, 3.63) is 33.2 Å². The van der Waals surface area contributed by atoms with Gasteiger partial charge < -0.3 is 14.5 Å². The summed E-state index contributed by atoms with van der Waals surface area (Å²) in [4.78, 5) is 22.0. The summed E-state index contributed by atoms with van der Waals surface area (Å²) in [7, 11) is 1.53. The third-order valence-electron chi connectivity index (χ3n) is 2.07. The van der Waals surface area contributed by atoms with Crippen LogP contribution in [-0.2, 0) is 7.05 Å². The van der Waals surface area contributed by atoms with Crippen molar-refractivity contribution >= 4 is 5.97 Å². The molecule has 0 N–H and O–H groups in total. The van der Waals surface area contributed by atoms with Crippen LogP contribution in [0.4, 0.5) is 0 Å². The highest BCUT2D eigenvalue weighted by Gasteiger charge is 2.07. The molecule has 0 bridgehead atoms. The van der Waals surface area contributed by atoms with E-state index in [1.54, 1.807) is 19.9 Å². The van der Waals surface area contributed by atoms with Gasteiger partial charge in [-0.1, -0.05) is 0 Å². The average Bonchev–Trinajstić information content (AvgIpc) is 1.99. The van der Waals surface area contributed by atoms with E-state index in [4.69, 9.17) is 0 Å². The predicted molar refractivity (Wildman–Crippen MR) is 45.5 cm³/mol. The highest BCUT2D eigenvalue weighted by molar-refractivity contribution is 5.87. The van der Waals surface area contributed by atoms with E-state index in [1.807, 2.05) is 0 Å². The summed E-state index contributed by atoms with van der Waals surface area (Å²) in [6.45, 7) is 3.33. The number of hydrogen-bond donors (Lipinski definition) is 0. The normalized spacial score (nSPS) is 10.1. The summed E-state index contributed by atoms with van der Waals surface area (Å²) in [5, 5.41) is 10.6. The molecule has 0 aromatic carbocycles. The fraction of sp³-hybridized carbons (Fsp3) is 0.333. The Morgan fingerprint density at radius 3 is 2.46 bits per heavy atom. The quantitative estimate of drug-likeness (QED) is 0.577. The van der Waals surface area contributed by atoms with Crippen molar-refractivity contribution in [2.45, 2.75) is 13.8 Å². The molecule has 70 valence electrons. The number of carboxylic acids is 1. The van der Waals surface area contributed by atoms with Crippen molar-refractivity contribution in [2.24, 2.45) is 7.05 Å². The number of aromatic nitrogens is 1. The van der Waals surface area contributed by atoms with Gasteiger partial charge in [0.05, 0.1) is 11.5 Å². The lowest BCUT2D eigenvalue weighted by atomic mass is 10.1. The van der Waals surface area contributed by atoms with Crippen LogP contribution in [0.3, 0.4) is 0 Å². The Bertz CT molecular complexity index is 418. The zero-order chi connectivity index (χ0) is 10.2. The molecule has 0 saturated heterocycles. The fourth-order valence-electron chi connectivity index (χ4n) is 1.23. The van der Waals surface area contributed by atoms with Crippen LogP contribution in [0.2, 0.25) is 0 Å². The molecule has 0 fully saturated rings. The summed E-state index contributed by atoms with van der Waals surface area (Å²) >= 11 is 0. The molecule has 0 atom stereocenters. The van der Waals surface area contributed by atoms with Crippen LogP contribution in [0.15, 0.2) is 10.9 Å². The van der Waals surface area contributed by atoms with Gasteiger partial charge in [0.1, 0.15) is 0 Å². The minimum Gasteiger partial charge on any atom is -0.545 e. The molecule has 4 heteroatoms. The molecule has 4 nitrogen and oxygen atoms in total. The van der Waals surface area contributed by atoms with Gasteiger partial charge in [0.15, 0.2) is 0 Å². The molecule has 0 spiro atoms. The maximum atomic E-state index is 11.4. The number of carboxylic acid groups (broad SMARTS) is 1. The standard InChI is InChI=1S/C9H11NO3/c1-5-4-6(2)10(3)8(11)7(5)9(12)13/h4H,1-3H3,(H,12,13)/p-1. The minimum atomic E-state index is -1.42. The molecule has 0 aliphatic heterocycles. The lowest BCUT2D eigenvalue weighted by molar-refractivity contribution is -0.255. The summed E-state index contributed by atoms with van der Waals surface area (Å²) in [6.07, 6.45) is 0. The fourth-order valence-corrected chi connectivity index (χ4v) is 1.23. The van der Waals surface area contributed by atoms with Gasteiger partial charge in [0, 0.05) is 12.7 Å². The first-order chi connectivity index (χ1) is 5.95. The summed E-state index contributed by atoms with van der Waals surface area (Å²) in [6, 6.07) is 1.65. The molecule has 1 heterocycles. The molecule has 0 unspecified atom stereocenters. The second-order valence-electron chi connectivity index (χ2n) is 3.00. The Kier molecular flexibility index (Phi) is 2.23. The van der Waals surface area contributed by atoms with Crippen molar-refractivity contribution in [3.8, 4) is 0 Å². The molecule has 0 aliphatic carbocycles. The molecule has 0 amide bonds. The average molecular weight is 180 g/mol. The van der Waals surface area contributed by atoms with Crippen molar-refractivity contribution in [2.75, 3.05) is 0 Å². The van der Waals surface area contributed by atoms with E-state index < -0.39 is 11.5 Å². The van der Waals surface area contributed by atoms with E-state index in [0.717, 1.165) is 5.69 Å². The van der Waals surface area contributed by atoms with E-state index in [0.29, 0.717) is 5.56 Å². The van der Waals surface area contributed by atoms with Crippen molar-refractivity contribution < 1.29 is 9.90 Å². The molecular weight excluding hydrogens is 170 g/mol. The number of pyridine rings is 1. The number of hydrogen-bond acceptors (Lipinski definition) is 3. The smallest absolute Gasteiger partial charge is 0.259 e. The van der Waals surface area contributed by atoms with E-state index in [2.05, 4.69) is 0 Å². The van der Waals surface area contributed by atoms with Crippen LogP contribution in [0.1, 0.15) is 21.6 Å². The zero-order valence-corrected chi connectivity index (χ0v) is 7.75. The predicted octanol–water partition coefficient (Wildman–Crippen LogP) is -0.634. The summed E-state index contributed by atoms with van der Waals surface area (Å²) < 4.78 is 1.29. The van der Waals surface area contributed by atoms with Gasteiger partial charge in [-0.2, -0.15) is 0 Å². The van der Waals surface area contributed by atoms with Crippen molar-refractivity contribution in [1.29, 1.82) is 0 Å². The number of rotatable bonds is 1. The third-order valence-corrected chi connectivity index (χ3v) is 2.07. The van der Waals surface area contributed by atoms with Gasteiger partial charge in [-0.05, 0) is 25.5 Å². The van der Waals surface area contributed by atoms with Gasteiger partial charge in [-0.3, -0.25) is 4.79 Å². The van der Waals surface area contributed by atoms with Crippen LogP contribution in [0.5, 0.6) is 0 Å². The molecule has 0 saturated carbocycles. The molecule has 1 aromatic rings. The Hall–Kier alpha value is -1.58. The molecule has 1 aromatic heterocycles. The van der Waals surface area contributed by atoms with Gasteiger partial charge in [-0.25, -0.2) is 0 Å². The third kappa shape index (κ3) is 1.47. The first-order valence-electron chi connectivity index (χ1n) is 3.83. The molecular formula is C9H10NO3-. The second-order valence-corrected chi connectivity index (χ2v) is 3.00. The Morgan fingerprint density at radius 2 is 2.00 bits per heavy atom. The number of carbonyl (C=O) groups excluding carboxylic acids is 1. The molecule has 1 rings (SSSR count). The topological polar surface area (TPSA) is 62.1 Å². The Morgan fingerprint density at radius 1 is 1.46 bits per heavy atom. The van der Waals surface area contributed by atoms with Crippen LogP contribution in [-0.4, -0.2) is 10.5 Å². The lowest BCUT2D eigenvalue weighted by Crippen LogP contribution is -2.34. The van der Waals surface area contributed by atoms with Gasteiger partial charge >= 0.3 is 0 Å². The maximum Gasteiger partial charge on any atom is 0.259 e. The highest BCUT2D eigenvalue weighted by Crippen LogP contribution is 2.03. The molecule has 0 radical (unpaired) electrons. The van der Waals surface area contributed by atoms with E-state index in [-0.39, 0.29) is 5.56 Å². The summed E-state index contributed by atoms with van der Waals surface area (Å²) in [5.74, 6) is -1.42. The van der Waals surface area contributed by atoms with Crippen LogP contribution in [0, 0.1) is 13.8 Å². The molecule has 13 heavy (non-hydrogen) atoms. The van der Waals surface area contributed by atoms with E-state index in [1.165, 1.54) is 11.6 Å². The zero-order valence-electron chi connectivity index (χ0n) is 7.75. The second kappa shape index (κ2) is 3.05. The number of carbonyl (C=O) groups is 1. The van der Waals surface area contributed by atoms with E-state index in [9.17, 15) is 14.7 Å². The van der Waals surface area contributed by atoms with Crippen LogP contribution in [0.25, 0.3) is 0 Å². The Labute approximate surface area is 75.4 Å². The van der Waals surface area contributed by atoms with Crippen molar-refractivity contribution in [1.82, 2.24) is 4.57 Å². The maximum absolute atomic E-state index is 11.4. The molecule has 0 aliphatic rings. The Balaban J connectivity index is 3.63. The van der Waals surface area contributed by atoms with E-state index >= 15 is 0 Å². The lowest BCUT2D eigenvalue weighted by Gasteiger charge is -2.10. The van der Waals surface area contributed by atoms with Crippen molar-refractivity contribution in [3.63, 3.8) is 0 Å². The van der Waals surface area contributed by atoms with Crippen LogP contribution < -0.4 is 10.7 Å². The largest absolute Gasteiger partial charge is 0.545 e. The van der Waals surface area contributed by atoms with Crippen LogP contribution >= 0.6 is 0 Å². The monoisotopic (exact) mass is 180 g/mol. The van der Waals surface area contributed by atoms with Gasteiger partial charge in [0.2, 0.25) is 0 Å². The first-order valence-corrected chi connectivity index (χ1v) is 3.83. The SMILES string of the molecule is Cc1cc(C)n(C)c(=O)c1C(=O)[O-]. The number of aryl methyl sites for hydroxylation is 2. The minimum absolute atomic E-state index is 0.256.